The van der Waals surface area contributed by atoms with E-state index in [0.29, 0.717) is 5.56 Å². The van der Waals surface area contributed by atoms with Crippen LogP contribution >= 0.6 is 0 Å². The third kappa shape index (κ3) is 6.07. The molecule has 3 aromatic carbocycles. The fourth-order valence-corrected chi connectivity index (χ4v) is 5.55. The number of amides is 2. The molecule has 0 aliphatic carbocycles. The second-order valence-corrected chi connectivity index (χ2v) is 13.0. The first-order valence-corrected chi connectivity index (χ1v) is 14.1. The number of phenols is 1. The van der Waals surface area contributed by atoms with E-state index in [-0.39, 0.29) is 39.3 Å². The summed E-state index contributed by atoms with van der Waals surface area (Å²) in [5.41, 5.74) is 1.58. The Morgan fingerprint density at radius 1 is 0.868 bits per heavy atom. The average Bonchev–Trinajstić information content (AvgIpc) is 2.85. The van der Waals surface area contributed by atoms with Crippen molar-refractivity contribution in [3.63, 3.8) is 0 Å². The molecule has 3 aromatic rings. The molecule has 3 N–H and O–H groups in total. The Balaban J connectivity index is 1.76. The van der Waals surface area contributed by atoms with Gasteiger partial charge in [0, 0.05) is 17.3 Å². The largest absolute Gasteiger partial charge is 0.506 e. The number of carbonyl (C=O) groups excluding carboxylic acids is 2. The molecule has 38 heavy (non-hydrogen) atoms. The van der Waals surface area contributed by atoms with Crippen LogP contribution in [0.3, 0.4) is 0 Å². The van der Waals surface area contributed by atoms with E-state index in [4.69, 9.17) is 0 Å². The van der Waals surface area contributed by atoms with Gasteiger partial charge in [0.15, 0.2) is 9.84 Å². The van der Waals surface area contributed by atoms with Gasteiger partial charge in [-0.1, -0.05) is 71.9 Å². The van der Waals surface area contributed by atoms with Gasteiger partial charge in [-0.15, -0.1) is 0 Å². The van der Waals surface area contributed by atoms with Crippen LogP contribution in [0.1, 0.15) is 63.9 Å². The molecule has 0 aromatic heterocycles. The molecule has 2 amide bonds. The van der Waals surface area contributed by atoms with Crippen molar-refractivity contribution in [1.29, 1.82) is 0 Å². The molecular weight excluding hydrogens is 500 g/mol. The highest BCUT2D eigenvalue weighted by Crippen LogP contribution is 2.41. The van der Waals surface area contributed by atoms with E-state index >= 15 is 0 Å². The second kappa shape index (κ2) is 11.0. The van der Waals surface area contributed by atoms with Gasteiger partial charge in [0.2, 0.25) is 5.91 Å². The van der Waals surface area contributed by atoms with Crippen LogP contribution in [0.5, 0.6) is 5.75 Å². The van der Waals surface area contributed by atoms with Crippen LogP contribution in [0, 0.1) is 5.41 Å². The number of anilines is 2. The third-order valence-corrected chi connectivity index (χ3v) is 9.59. The van der Waals surface area contributed by atoms with E-state index in [9.17, 15) is 23.1 Å². The third-order valence-electron chi connectivity index (χ3n) is 7.37. The van der Waals surface area contributed by atoms with Crippen molar-refractivity contribution in [2.75, 3.05) is 10.6 Å². The monoisotopic (exact) mass is 536 g/mol. The molecule has 0 bridgehead atoms. The molecule has 0 heterocycles. The van der Waals surface area contributed by atoms with Gasteiger partial charge in [0.25, 0.3) is 5.91 Å². The fraction of sp³-hybridized carbons (Fsp3) is 0.333. The maximum Gasteiger partial charge on any atom is 0.255 e. The van der Waals surface area contributed by atoms with Crippen molar-refractivity contribution in [2.45, 2.75) is 63.5 Å². The molecule has 1 atom stereocenters. The van der Waals surface area contributed by atoms with Crippen LogP contribution in [0.4, 0.5) is 11.4 Å². The Kier molecular flexibility index (Phi) is 8.36. The van der Waals surface area contributed by atoms with Gasteiger partial charge < -0.3 is 15.7 Å². The van der Waals surface area contributed by atoms with E-state index < -0.39 is 26.9 Å². The smallest absolute Gasteiger partial charge is 0.255 e. The number of carbonyl (C=O) groups is 2. The lowest BCUT2D eigenvalue weighted by atomic mass is 9.65. The van der Waals surface area contributed by atoms with Crippen molar-refractivity contribution in [3.05, 3.63) is 83.9 Å². The van der Waals surface area contributed by atoms with Crippen LogP contribution in [0.15, 0.2) is 77.7 Å². The van der Waals surface area contributed by atoms with Crippen LogP contribution in [0.25, 0.3) is 0 Å². The predicted molar refractivity (Wildman–Crippen MR) is 151 cm³/mol. The first-order valence-electron chi connectivity index (χ1n) is 12.5. The van der Waals surface area contributed by atoms with E-state index in [1.807, 2.05) is 12.1 Å². The summed E-state index contributed by atoms with van der Waals surface area (Å²) in [4.78, 5) is 25.5. The lowest BCUT2D eigenvalue weighted by molar-refractivity contribution is -0.115. The number of hydrogen-bond acceptors (Lipinski definition) is 5. The molecule has 3 rings (SSSR count). The minimum Gasteiger partial charge on any atom is -0.506 e. The van der Waals surface area contributed by atoms with Gasteiger partial charge in [0.05, 0.1) is 10.6 Å². The van der Waals surface area contributed by atoms with Crippen molar-refractivity contribution >= 4 is 33.0 Å². The molecule has 0 aliphatic heterocycles. The molecule has 1 unspecified atom stereocenters. The van der Waals surface area contributed by atoms with Gasteiger partial charge in [-0.2, -0.15) is 0 Å². The van der Waals surface area contributed by atoms with E-state index in [1.165, 1.54) is 18.2 Å². The van der Waals surface area contributed by atoms with Gasteiger partial charge in [-0.3, -0.25) is 9.59 Å². The predicted octanol–water partition coefficient (Wildman–Crippen LogP) is 6.16. The number of hydrogen-bond donors (Lipinski definition) is 3. The summed E-state index contributed by atoms with van der Waals surface area (Å²) in [6.45, 7) is 12.3. The quantitative estimate of drug-likeness (QED) is 0.299. The number of aromatic hydroxyl groups is 1. The maximum absolute atomic E-state index is 13.4. The van der Waals surface area contributed by atoms with Gasteiger partial charge in [0.1, 0.15) is 11.0 Å². The summed E-state index contributed by atoms with van der Waals surface area (Å²) < 4.78 is 26.7. The first-order chi connectivity index (χ1) is 17.7. The molecule has 0 saturated carbocycles. The van der Waals surface area contributed by atoms with E-state index in [1.54, 1.807) is 49.4 Å². The molecule has 0 radical (unpaired) electrons. The highest BCUT2D eigenvalue weighted by Gasteiger charge is 2.36. The fourth-order valence-electron chi connectivity index (χ4n) is 3.93. The zero-order chi connectivity index (χ0) is 28.3. The normalized spacial score (nSPS) is 13.0. The highest BCUT2D eigenvalue weighted by molar-refractivity contribution is 7.92. The van der Waals surface area contributed by atoms with Crippen molar-refractivity contribution in [1.82, 2.24) is 0 Å². The molecule has 202 valence electrons. The molecule has 0 spiro atoms. The van der Waals surface area contributed by atoms with Crippen molar-refractivity contribution < 1.29 is 23.1 Å². The lowest BCUT2D eigenvalue weighted by Gasteiger charge is -2.39. The van der Waals surface area contributed by atoms with Crippen LogP contribution in [-0.2, 0) is 20.0 Å². The zero-order valence-electron chi connectivity index (χ0n) is 22.7. The number of phenolic OH excluding ortho intramolecular Hbond substituents is 1. The SMILES string of the molecule is CCC(C(=O)Nc1ccc(NC(=O)c2ccccc2)c(O)c1)S(=O)(=O)c1ccc(C(C)(C)C(C)(C)C)cc1. The van der Waals surface area contributed by atoms with Gasteiger partial charge >= 0.3 is 0 Å². The molecule has 8 heteroatoms. The molecule has 0 aliphatic rings. The Morgan fingerprint density at radius 3 is 2.00 bits per heavy atom. The van der Waals surface area contributed by atoms with E-state index in [2.05, 4.69) is 45.3 Å². The number of nitrogens with one attached hydrogen (secondary N) is 2. The molecular formula is C30H36N2O5S. The van der Waals surface area contributed by atoms with E-state index in [0.717, 1.165) is 5.56 Å². The summed E-state index contributed by atoms with van der Waals surface area (Å²) in [5.74, 6) is -1.36. The van der Waals surface area contributed by atoms with Crippen LogP contribution in [-0.4, -0.2) is 30.6 Å². The van der Waals surface area contributed by atoms with Crippen molar-refractivity contribution in [2.24, 2.45) is 5.41 Å². The Morgan fingerprint density at radius 2 is 1.47 bits per heavy atom. The number of benzene rings is 3. The minimum absolute atomic E-state index is 0.0370. The number of sulfone groups is 1. The average molecular weight is 537 g/mol. The summed E-state index contributed by atoms with van der Waals surface area (Å²) >= 11 is 0. The Hall–Kier alpha value is -3.65. The van der Waals surface area contributed by atoms with Crippen LogP contribution < -0.4 is 10.6 Å². The topological polar surface area (TPSA) is 113 Å². The molecule has 0 saturated heterocycles. The molecule has 0 fully saturated rings. The highest BCUT2D eigenvalue weighted by atomic mass is 32.2. The zero-order valence-corrected chi connectivity index (χ0v) is 23.5. The summed E-state index contributed by atoms with van der Waals surface area (Å²) in [7, 11) is -3.96. The first kappa shape index (κ1) is 28.9. The number of rotatable bonds is 8. The Labute approximate surface area is 225 Å². The molecule has 7 nitrogen and oxygen atoms in total. The van der Waals surface area contributed by atoms with Crippen LogP contribution in [0.2, 0.25) is 0 Å². The minimum atomic E-state index is -3.96. The lowest BCUT2D eigenvalue weighted by Crippen LogP contribution is -2.35. The summed E-state index contributed by atoms with van der Waals surface area (Å²) in [5, 5.41) is 14.3. The summed E-state index contributed by atoms with van der Waals surface area (Å²) in [6, 6.07) is 19.5. The Bertz CT molecular complexity index is 1410. The van der Waals surface area contributed by atoms with Crippen molar-refractivity contribution in [3.8, 4) is 5.75 Å². The van der Waals surface area contributed by atoms with Gasteiger partial charge in [-0.25, -0.2) is 8.42 Å². The standard InChI is InChI=1S/C30H36N2O5S/c1-7-26(38(36,37)23-16-13-21(14-17-23)30(5,6)29(2,3)4)28(35)31-22-15-18-24(25(33)19-22)32-27(34)20-11-9-8-10-12-20/h8-19,26,33H,7H2,1-6H3,(H,31,35)(H,32,34). The van der Waals surface area contributed by atoms with Gasteiger partial charge in [-0.05, 0) is 59.2 Å². The second-order valence-electron chi connectivity index (χ2n) is 10.9. The summed E-state index contributed by atoms with van der Waals surface area (Å²) in [6.07, 6.45) is 0.0700. The maximum atomic E-state index is 13.4.